The highest BCUT2D eigenvalue weighted by Crippen LogP contribution is 2.68. The fourth-order valence-electron chi connectivity index (χ4n) is 15.3. The standard InChI is InChI=1S/C54H67N4O9.CH3O/c1-8-50(62)30-36-20-23-52(48(60)65-6,44-38(37-18-13-14-19-41(37)55-44)21-27-58(32-36,33-50)31-35-16-11-10-12-17-35)40-28-39-42(29-43(40)64-5)56(4)46-53(39)24-26-57-25-15-22-51(9-2,45(53)57)47(67-34(3)59)54(46,63)49(61)66-7;1-2/h10-19,22,28-29,36,45-47,55,62-63H,8-9,20-21,23-27,30-33H2,1-7H3;1H3/q+1;-1/t36-,45-,46+,47+,50-,51+,52-,53+,54-,58?;/m0./s1. The van der Waals surface area contributed by atoms with Crippen LogP contribution in [0.4, 0.5) is 5.69 Å². The molecule has 1 spiro atoms. The van der Waals surface area contributed by atoms with Gasteiger partial charge in [0.1, 0.15) is 29.9 Å². The van der Waals surface area contributed by atoms with Crippen LogP contribution in [0.15, 0.2) is 78.9 Å². The second-order valence-electron chi connectivity index (χ2n) is 20.9. The summed E-state index contributed by atoms with van der Waals surface area (Å²) in [4.78, 5) is 51.5. The zero-order valence-corrected chi connectivity index (χ0v) is 41.5. The van der Waals surface area contributed by atoms with E-state index in [-0.39, 0.29) is 12.0 Å². The number of esters is 3. The minimum atomic E-state index is -2.31. The number of H-pyrrole nitrogens is 1. The molecule has 3 fully saturated rings. The highest BCUT2D eigenvalue weighted by Gasteiger charge is 2.80. The van der Waals surface area contributed by atoms with Gasteiger partial charge in [-0.3, -0.25) is 14.5 Å². The van der Waals surface area contributed by atoms with E-state index in [1.807, 2.05) is 43.1 Å². The van der Waals surface area contributed by atoms with E-state index < -0.39 is 57.5 Å². The van der Waals surface area contributed by atoms with Gasteiger partial charge in [-0.2, -0.15) is 7.11 Å². The van der Waals surface area contributed by atoms with Gasteiger partial charge in [0.05, 0.1) is 40.5 Å². The molecule has 3 N–H and O–H groups in total. The maximum Gasteiger partial charge on any atom is 0.344 e. The molecule has 1 aromatic heterocycles. The molecule has 69 heavy (non-hydrogen) atoms. The number of fused-ring (bicyclic) bond motifs is 6. The van der Waals surface area contributed by atoms with Crippen LogP contribution in [0.3, 0.4) is 0 Å². The Morgan fingerprint density at radius 3 is 2.32 bits per heavy atom. The molecule has 3 aromatic carbocycles. The van der Waals surface area contributed by atoms with Gasteiger partial charge in [0, 0.05) is 89.2 Å². The third-order valence-electron chi connectivity index (χ3n) is 17.7. The van der Waals surface area contributed by atoms with Gasteiger partial charge < -0.3 is 48.6 Å². The van der Waals surface area contributed by atoms with Gasteiger partial charge >= 0.3 is 17.9 Å². The molecular formula is C55H70N4O10. The molecule has 2 bridgehead atoms. The molecule has 14 nitrogen and oxygen atoms in total. The van der Waals surface area contributed by atoms with Gasteiger partial charge in [0.25, 0.3) is 0 Å². The number of aliphatic hydroxyl groups is 2. The van der Waals surface area contributed by atoms with Gasteiger partial charge in [-0.15, -0.1) is 0 Å². The number of carbonyl (C=O) groups is 3. The average molecular weight is 947 g/mol. The fraction of sp³-hybridized carbons (Fsp3) is 0.545. The summed E-state index contributed by atoms with van der Waals surface area (Å²) in [6, 6.07) is 21.7. The van der Waals surface area contributed by atoms with E-state index in [4.69, 9.17) is 24.1 Å². The number of nitrogens with one attached hydrogen (secondary N) is 1. The number of benzene rings is 3. The van der Waals surface area contributed by atoms with E-state index in [9.17, 15) is 19.8 Å². The summed E-state index contributed by atoms with van der Waals surface area (Å²) in [7, 11) is 6.97. The molecular weight excluding hydrogens is 877 g/mol. The summed E-state index contributed by atoms with van der Waals surface area (Å²) in [6.45, 7) is 9.76. The molecule has 10 atom stereocenters. The number of quaternary nitrogens is 1. The number of aromatic amines is 1. The van der Waals surface area contributed by atoms with Gasteiger partial charge in [0.15, 0.2) is 6.10 Å². The normalized spacial score (nSPS) is 34.3. The third kappa shape index (κ3) is 7.01. The maximum atomic E-state index is 15.6. The largest absolute Gasteiger partial charge is 0.857 e. The highest BCUT2D eigenvalue weighted by molar-refractivity contribution is 5.95. The Morgan fingerprint density at radius 1 is 0.913 bits per heavy atom. The Balaban J connectivity index is 0.00000293. The van der Waals surface area contributed by atoms with E-state index in [1.54, 1.807) is 7.11 Å². The van der Waals surface area contributed by atoms with E-state index in [0.717, 1.165) is 64.6 Å². The van der Waals surface area contributed by atoms with Gasteiger partial charge in [-0.1, -0.05) is 74.5 Å². The van der Waals surface area contributed by atoms with Crippen molar-refractivity contribution in [3.63, 3.8) is 0 Å². The summed E-state index contributed by atoms with van der Waals surface area (Å²) >= 11 is 0. The first-order valence-electron chi connectivity index (χ1n) is 24.7. The van der Waals surface area contributed by atoms with Crippen LogP contribution in [0, 0.1) is 11.3 Å². The number of para-hydroxylation sites is 1. The minimum Gasteiger partial charge on any atom is -0.857 e. The topological polar surface area (TPSA) is 174 Å². The molecule has 1 saturated carbocycles. The lowest BCUT2D eigenvalue weighted by Gasteiger charge is -2.63. The minimum absolute atomic E-state index is 0.0705. The average Bonchev–Trinajstić information content (AvgIpc) is 4.02. The van der Waals surface area contributed by atoms with Crippen molar-refractivity contribution in [2.45, 2.75) is 112 Å². The number of piperidine rings is 1. The SMILES string of the molecule is CC[C@]1(O)C[C@@H]2CC[C@](C(=O)OC)(c3cc4c(cc3OC)N(C)[C@H]3[C@@](O)(C(=O)OC)[C@H](OC(C)=O)[C@]5(CC)C=CCN6CC[C@]43[C@@H]65)c3[nH]c4ccccc4c3CC[N+](Cc3ccccc3)(C2)C1.C[O-]. The molecule has 14 heteroatoms. The van der Waals surface area contributed by atoms with Gasteiger partial charge in [-0.05, 0) is 68.3 Å². The number of nitrogens with zero attached hydrogens (tertiary/aromatic N) is 3. The first-order chi connectivity index (χ1) is 33.1. The van der Waals surface area contributed by atoms with Crippen LogP contribution >= 0.6 is 0 Å². The molecule has 6 heterocycles. The molecule has 10 rings (SSSR count). The first-order valence-corrected chi connectivity index (χ1v) is 24.7. The third-order valence-corrected chi connectivity index (χ3v) is 17.7. The number of anilines is 1. The highest BCUT2D eigenvalue weighted by atomic mass is 16.6. The number of ether oxygens (including phenoxy) is 4. The lowest BCUT2D eigenvalue weighted by atomic mass is 9.47. The van der Waals surface area contributed by atoms with Crippen molar-refractivity contribution < 1.29 is 53.1 Å². The van der Waals surface area contributed by atoms with E-state index >= 15 is 4.79 Å². The van der Waals surface area contributed by atoms with Crippen molar-refractivity contribution in [3.05, 3.63) is 107 Å². The smallest absolute Gasteiger partial charge is 0.344 e. The van der Waals surface area contributed by atoms with Crippen molar-refractivity contribution in [1.82, 2.24) is 9.88 Å². The summed E-state index contributed by atoms with van der Waals surface area (Å²) in [6.07, 6.45) is 6.72. The van der Waals surface area contributed by atoms with Crippen LogP contribution in [0.1, 0.15) is 87.2 Å². The van der Waals surface area contributed by atoms with Crippen molar-refractivity contribution in [3.8, 4) is 5.75 Å². The number of hydrogen-bond acceptors (Lipinski definition) is 12. The second-order valence-corrected chi connectivity index (χ2v) is 20.9. The number of hydrogen-bond donors (Lipinski definition) is 3. The molecule has 0 amide bonds. The number of methoxy groups -OCH3 is 3. The Kier molecular flexibility index (Phi) is 12.6. The van der Waals surface area contributed by atoms with E-state index in [2.05, 4.69) is 71.4 Å². The summed E-state index contributed by atoms with van der Waals surface area (Å²) in [5.41, 5.74) is -0.328. The summed E-state index contributed by atoms with van der Waals surface area (Å²) < 4.78 is 25.0. The zero-order valence-electron chi connectivity index (χ0n) is 41.5. The molecule has 1 unspecified atom stereocenters. The van der Waals surface area contributed by atoms with Gasteiger partial charge in [-0.25, -0.2) is 4.79 Å². The molecule has 370 valence electrons. The van der Waals surface area contributed by atoms with Crippen LogP contribution < -0.4 is 14.7 Å². The summed E-state index contributed by atoms with van der Waals surface area (Å²) in [5.74, 6) is -1.36. The van der Waals surface area contributed by atoms with Crippen LogP contribution in [0.25, 0.3) is 10.9 Å². The predicted octanol–water partition coefficient (Wildman–Crippen LogP) is 5.07. The second kappa shape index (κ2) is 17.9. The number of aromatic nitrogens is 1. The van der Waals surface area contributed by atoms with Crippen LogP contribution in [-0.2, 0) is 52.4 Å². The quantitative estimate of drug-likeness (QED) is 0.0882. The molecule has 4 aromatic rings. The zero-order chi connectivity index (χ0) is 49.3. The van der Waals surface area contributed by atoms with Crippen molar-refractivity contribution in [2.24, 2.45) is 11.3 Å². The maximum absolute atomic E-state index is 15.6. The monoisotopic (exact) mass is 947 g/mol. The number of rotatable bonds is 9. The van der Waals surface area contributed by atoms with Crippen molar-refractivity contribution >= 4 is 34.5 Å². The Hall–Kier alpha value is -5.25. The first kappa shape index (κ1) is 48.8. The molecule has 0 radical (unpaired) electrons. The molecule has 6 aliphatic rings. The molecule has 2 saturated heterocycles. The van der Waals surface area contributed by atoms with E-state index in [0.29, 0.717) is 75.9 Å². The lowest BCUT2D eigenvalue weighted by Crippen LogP contribution is -2.81. The van der Waals surface area contributed by atoms with E-state index in [1.165, 1.54) is 26.7 Å². The lowest BCUT2D eigenvalue weighted by molar-refractivity contribution is -0.955. The number of carbonyl (C=O) groups excluding carboxylic acids is 3. The van der Waals surface area contributed by atoms with Gasteiger partial charge in [0.2, 0.25) is 5.60 Å². The Morgan fingerprint density at radius 2 is 1.64 bits per heavy atom. The Labute approximate surface area is 405 Å². The van der Waals surface area contributed by atoms with Crippen molar-refractivity contribution in [2.75, 3.05) is 73.1 Å². The fourth-order valence-corrected chi connectivity index (χ4v) is 15.3. The van der Waals surface area contributed by atoms with Crippen LogP contribution in [0.2, 0.25) is 0 Å². The number of likely N-dealkylation sites (N-methyl/N-ethyl adjacent to an activating group) is 1. The molecule has 5 aliphatic heterocycles. The predicted molar refractivity (Wildman–Crippen MR) is 260 cm³/mol. The van der Waals surface area contributed by atoms with Crippen LogP contribution in [-0.4, -0.2) is 140 Å². The summed E-state index contributed by atoms with van der Waals surface area (Å²) in [5, 5.41) is 35.2. The van der Waals surface area contributed by atoms with Crippen molar-refractivity contribution in [1.29, 1.82) is 0 Å². The molecule has 1 aliphatic carbocycles. The Bertz CT molecular complexity index is 2650. The van der Waals surface area contributed by atoms with Crippen LogP contribution in [0.5, 0.6) is 5.75 Å².